The van der Waals surface area contributed by atoms with Crippen molar-refractivity contribution in [3.05, 3.63) is 46.1 Å². The van der Waals surface area contributed by atoms with Gasteiger partial charge in [-0.15, -0.1) is 0 Å². The van der Waals surface area contributed by atoms with Crippen molar-refractivity contribution < 1.29 is 0 Å². The predicted molar refractivity (Wildman–Crippen MR) is 74.0 cm³/mol. The molecule has 0 aliphatic rings. The average Bonchev–Trinajstić information content (AvgIpc) is 2.27. The fraction of sp³-hybridized carbons (Fsp3) is 0.0833. The van der Waals surface area contributed by atoms with Gasteiger partial charge in [0.2, 0.25) is 0 Å². The molecule has 0 aliphatic carbocycles. The molecule has 0 amide bonds. The summed E-state index contributed by atoms with van der Waals surface area (Å²) in [7, 11) is 0. The lowest BCUT2D eigenvalue weighted by Gasteiger charge is -2.07. The van der Waals surface area contributed by atoms with Crippen molar-refractivity contribution in [2.75, 3.05) is 5.73 Å². The highest BCUT2D eigenvalue weighted by Crippen LogP contribution is 2.35. The van der Waals surface area contributed by atoms with Crippen LogP contribution in [0.3, 0.4) is 0 Å². The Hall–Kier alpha value is -0.900. The van der Waals surface area contributed by atoms with Crippen molar-refractivity contribution in [3.63, 3.8) is 0 Å². The van der Waals surface area contributed by atoms with Crippen LogP contribution in [0.25, 0.3) is 0 Å². The number of pyridine rings is 1. The predicted octanol–water partition coefficient (Wildman–Crippen LogP) is 4.43. The van der Waals surface area contributed by atoms with Crippen LogP contribution in [-0.4, -0.2) is 4.98 Å². The van der Waals surface area contributed by atoms with Gasteiger partial charge in [0, 0.05) is 9.92 Å². The maximum absolute atomic E-state index is 6.10. The summed E-state index contributed by atoms with van der Waals surface area (Å²) < 4.78 is 0. The van der Waals surface area contributed by atoms with Gasteiger partial charge < -0.3 is 5.73 Å². The van der Waals surface area contributed by atoms with E-state index in [0.29, 0.717) is 15.7 Å². The lowest BCUT2D eigenvalue weighted by molar-refractivity contribution is 1.08. The molecule has 2 N–H and O–H groups in total. The van der Waals surface area contributed by atoms with Gasteiger partial charge in [-0.05, 0) is 36.8 Å². The standard InChI is InChI=1S/C12H10Cl2N2S/c1-7-4-9(15)6-16-12(7)17-11-5-8(13)2-3-10(11)14/h2-6H,15H2,1H3. The molecule has 0 atom stereocenters. The molecular formula is C12H10Cl2N2S. The number of halogens is 2. The number of aryl methyl sites for hydroxylation is 1. The molecular weight excluding hydrogens is 275 g/mol. The third-order valence-corrected chi connectivity index (χ3v) is 4.01. The van der Waals surface area contributed by atoms with Crippen molar-refractivity contribution >= 4 is 40.7 Å². The summed E-state index contributed by atoms with van der Waals surface area (Å²) in [4.78, 5) is 5.17. The number of hydrogen-bond acceptors (Lipinski definition) is 3. The van der Waals surface area contributed by atoms with Crippen LogP contribution in [0, 0.1) is 6.92 Å². The molecule has 0 aliphatic heterocycles. The second-order valence-corrected chi connectivity index (χ2v) is 5.44. The summed E-state index contributed by atoms with van der Waals surface area (Å²) in [5, 5.41) is 2.20. The topological polar surface area (TPSA) is 38.9 Å². The van der Waals surface area contributed by atoms with Crippen LogP contribution in [0.15, 0.2) is 40.4 Å². The molecule has 0 saturated carbocycles. The van der Waals surface area contributed by atoms with Crippen molar-refractivity contribution in [1.29, 1.82) is 0 Å². The van der Waals surface area contributed by atoms with E-state index in [0.717, 1.165) is 15.5 Å². The summed E-state index contributed by atoms with van der Waals surface area (Å²) in [5.74, 6) is 0. The van der Waals surface area contributed by atoms with Gasteiger partial charge in [-0.25, -0.2) is 4.98 Å². The van der Waals surface area contributed by atoms with Crippen LogP contribution in [0.5, 0.6) is 0 Å². The monoisotopic (exact) mass is 284 g/mol. The normalized spacial score (nSPS) is 10.5. The molecule has 17 heavy (non-hydrogen) atoms. The van der Waals surface area contributed by atoms with Gasteiger partial charge in [-0.1, -0.05) is 35.0 Å². The molecule has 0 spiro atoms. The number of anilines is 1. The first-order valence-corrected chi connectivity index (χ1v) is 6.48. The lowest BCUT2D eigenvalue weighted by atomic mass is 10.3. The van der Waals surface area contributed by atoms with Crippen LogP contribution >= 0.6 is 35.0 Å². The third kappa shape index (κ3) is 3.06. The molecule has 2 rings (SSSR count). The van der Waals surface area contributed by atoms with Crippen LogP contribution < -0.4 is 5.73 Å². The van der Waals surface area contributed by atoms with Gasteiger partial charge in [0.25, 0.3) is 0 Å². The SMILES string of the molecule is Cc1cc(N)cnc1Sc1cc(Cl)ccc1Cl. The van der Waals surface area contributed by atoms with Crippen molar-refractivity contribution in [2.45, 2.75) is 16.8 Å². The van der Waals surface area contributed by atoms with Crippen molar-refractivity contribution in [1.82, 2.24) is 4.98 Å². The first-order chi connectivity index (χ1) is 8.06. The zero-order valence-corrected chi connectivity index (χ0v) is 11.4. The third-order valence-electron chi connectivity index (χ3n) is 2.15. The number of benzene rings is 1. The summed E-state index contributed by atoms with van der Waals surface area (Å²) in [6.07, 6.45) is 1.63. The zero-order valence-electron chi connectivity index (χ0n) is 9.08. The Balaban J connectivity index is 2.34. The first-order valence-electron chi connectivity index (χ1n) is 4.91. The summed E-state index contributed by atoms with van der Waals surface area (Å²) in [6.45, 7) is 1.96. The Labute approximate surface area is 114 Å². The van der Waals surface area contributed by atoms with E-state index in [-0.39, 0.29) is 0 Å². The summed E-state index contributed by atoms with van der Waals surface area (Å²) >= 11 is 13.5. The molecule has 0 bridgehead atoms. The molecule has 1 heterocycles. The van der Waals surface area contributed by atoms with E-state index >= 15 is 0 Å². The highest BCUT2D eigenvalue weighted by Gasteiger charge is 2.07. The fourth-order valence-corrected chi connectivity index (χ4v) is 2.71. The summed E-state index contributed by atoms with van der Waals surface area (Å²) in [6, 6.07) is 7.25. The van der Waals surface area contributed by atoms with Gasteiger partial charge in [0.15, 0.2) is 0 Å². The van der Waals surface area contributed by atoms with E-state index in [1.165, 1.54) is 11.8 Å². The van der Waals surface area contributed by atoms with E-state index in [1.807, 2.05) is 19.1 Å². The van der Waals surface area contributed by atoms with Gasteiger partial charge in [0.1, 0.15) is 5.03 Å². The lowest BCUT2D eigenvalue weighted by Crippen LogP contribution is -1.91. The molecule has 1 aromatic carbocycles. The van der Waals surface area contributed by atoms with Gasteiger partial charge in [0.05, 0.1) is 16.9 Å². The van der Waals surface area contributed by atoms with Crippen molar-refractivity contribution in [2.24, 2.45) is 0 Å². The fourth-order valence-electron chi connectivity index (χ4n) is 1.35. The Kier molecular flexibility index (Phi) is 3.82. The first kappa shape index (κ1) is 12.6. The summed E-state index contributed by atoms with van der Waals surface area (Å²) in [5.41, 5.74) is 7.33. The van der Waals surface area contributed by atoms with E-state index in [2.05, 4.69) is 4.98 Å². The second kappa shape index (κ2) is 5.17. The largest absolute Gasteiger partial charge is 0.397 e. The number of nitrogen functional groups attached to an aromatic ring is 1. The highest BCUT2D eigenvalue weighted by atomic mass is 35.5. The minimum absolute atomic E-state index is 0.657. The number of nitrogens with two attached hydrogens (primary N) is 1. The number of hydrogen-bond donors (Lipinski definition) is 1. The van der Waals surface area contributed by atoms with E-state index < -0.39 is 0 Å². The molecule has 0 fully saturated rings. The minimum atomic E-state index is 0.657. The molecule has 0 radical (unpaired) electrons. The quantitative estimate of drug-likeness (QED) is 0.887. The average molecular weight is 285 g/mol. The molecule has 5 heteroatoms. The van der Waals surface area contributed by atoms with Gasteiger partial charge in [-0.3, -0.25) is 0 Å². The number of nitrogens with zero attached hydrogens (tertiary/aromatic N) is 1. The molecule has 0 saturated heterocycles. The molecule has 2 nitrogen and oxygen atoms in total. The maximum atomic E-state index is 6.10. The Bertz CT molecular complexity index is 558. The van der Waals surface area contributed by atoms with E-state index in [4.69, 9.17) is 28.9 Å². The molecule has 1 aromatic heterocycles. The number of aromatic nitrogens is 1. The van der Waals surface area contributed by atoms with E-state index in [9.17, 15) is 0 Å². The Morgan fingerprint density at radius 3 is 2.71 bits per heavy atom. The smallest absolute Gasteiger partial charge is 0.104 e. The molecule has 88 valence electrons. The van der Waals surface area contributed by atoms with Crippen LogP contribution in [0.2, 0.25) is 10.0 Å². The van der Waals surface area contributed by atoms with Crippen LogP contribution in [-0.2, 0) is 0 Å². The maximum Gasteiger partial charge on any atom is 0.104 e. The Morgan fingerprint density at radius 2 is 2.00 bits per heavy atom. The molecule has 0 unspecified atom stereocenters. The molecule has 2 aromatic rings. The van der Waals surface area contributed by atoms with Gasteiger partial charge >= 0.3 is 0 Å². The van der Waals surface area contributed by atoms with Crippen LogP contribution in [0.1, 0.15) is 5.56 Å². The Morgan fingerprint density at radius 1 is 1.24 bits per heavy atom. The van der Waals surface area contributed by atoms with Crippen molar-refractivity contribution in [3.8, 4) is 0 Å². The van der Waals surface area contributed by atoms with Gasteiger partial charge in [-0.2, -0.15) is 0 Å². The van der Waals surface area contributed by atoms with E-state index in [1.54, 1.807) is 18.3 Å². The second-order valence-electron chi connectivity index (χ2n) is 3.57. The minimum Gasteiger partial charge on any atom is -0.397 e. The van der Waals surface area contributed by atoms with Crippen LogP contribution in [0.4, 0.5) is 5.69 Å². The highest BCUT2D eigenvalue weighted by molar-refractivity contribution is 7.99. The number of rotatable bonds is 2. The zero-order chi connectivity index (χ0) is 12.4.